The van der Waals surface area contributed by atoms with Crippen molar-refractivity contribution < 1.29 is 19.7 Å². The van der Waals surface area contributed by atoms with Crippen LogP contribution in [0.15, 0.2) is 0 Å². The Kier molecular flexibility index (Phi) is 4.18. The van der Waals surface area contributed by atoms with E-state index >= 15 is 0 Å². The Bertz CT molecular complexity index is 414. The number of aliphatic hydroxyl groups excluding tert-OH is 2. The van der Waals surface area contributed by atoms with Crippen molar-refractivity contribution in [2.75, 3.05) is 6.61 Å². The summed E-state index contributed by atoms with van der Waals surface area (Å²) >= 11 is 0. The Morgan fingerprint density at radius 2 is 1.86 bits per heavy atom. The summed E-state index contributed by atoms with van der Waals surface area (Å²) in [6.07, 6.45) is 2.65. The van der Waals surface area contributed by atoms with Gasteiger partial charge in [0.25, 0.3) is 0 Å². The molecule has 21 heavy (non-hydrogen) atoms. The van der Waals surface area contributed by atoms with Gasteiger partial charge in [0.1, 0.15) is 6.10 Å². The molecule has 2 aliphatic carbocycles. The first-order chi connectivity index (χ1) is 9.55. The summed E-state index contributed by atoms with van der Waals surface area (Å²) in [4.78, 5) is 12.2. The summed E-state index contributed by atoms with van der Waals surface area (Å²) in [5.74, 6) is 0.0303. The third-order valence-corrected chi connectivity index (χ3v) is 5.97. The number of carbonyl (C=O) groups excluding carboxylic acids is 1. The van der Waals surface area contributed by atoms with Crippen LogP contribution in [0.3, 0.4) is 0 Å². The van der Waals surface area contributed by atoms with E-state index in [2.05, 4.69) is 6.92 Å². The second-order valence-corrected chi connectivity index (χ2v) is 8.50. The van der Waals surface area contributed by atoms with E-state index in [-0.39, 0.29) is 30.0 Å². The fourth-order valence-electron chi connectivity index (χ4n) is 4.34. The van der Waals surface area contributed by atoms with E-state index in [1.165, 1.54) is 0 Å². The summed E-state index contributed by atoms with van der Waals surface area (Å²) in [6.45, 7) is 9.71. The number of esters is 1. The molecular weight excluding hydrogens is 268 g/mol. The lowest BCUT2D eigenvalue weighted by Gasteiger charge is -2.52. The lowest BCUT2D eigenvalue weighted by atomic mass is 9.55. The van der Waals surface area contributed by atoms with Crippen molar-refractivity contribution in [3.8, 4) is 0 Å². The molecule has 0 amide bonds. The van der Waals surface area contributed by atoms with Gasteiger partial charge in [0.15, 0.2) is 0 Å². The molecule has 2 N–H and O–H groups in total. The van der Waals surface area contributed by atoms with E-state index < -0.39 is 16.9 Å². The molecule has 2 rings (SSSR count). The van der Waals surface area contributed by atoms with Gasteiger partial charge in [-0.25, -0.2) is 0 Å². The van der Waals surface area contributed by atoms with E-state index in [9.17, 15) is 15.0 Å². The van der Waals surface area contributed by atoms with Crippen molar-refractivity contribution in [1.82, 2.24) is 0 Å². The molecule has 0 unspecified atom stereocenters. The molecule has 2 fully saturated rings. The first-order valence-electron chi connectivity index (χ1n) is 8.05. The molecule has 4 heteroatoms. The standard InChI is InChI=1S/C17H30O4/c1-15(2,3)14(20)21-13-7-6-11-16(13,4)9-8-12(19)17(11,5)10-18/h11-13,18-19H,6-10H2,1-5H3/t11-,12+,13+,16+,17-/m1/s1. The van der Waals surface area contributed by atoms with Gasteiger partial charge in [0.2, 0.25) is 0 Å². The van der Waals surface area contributed by atoms with Gasteiger partial charge in [-0.1, -0.05) is 13.8 Å². The minimum Gasteiger partial charge on any atom is -0.461 e. The zero-order valence-electron chi connectivity index (χ0n) is 14.0. The SMILES string of the molecule is CC(C)(C)C(=O)O[C@H]1CC[C@@H]2[C@]1(C)CC[C@H](O)[C@]2(C)CO. The summed E-state index contributed by atoms with van der Waals surface area (Å²) in [5.41, 5.74) is -1.13. The van der Waals surface area contributed by atoms with Crippen molar-refractivity contribution in [3.05, 3.63) is 0 Å². The summed E-state index contributed by atoms with van der Waals surface area (Å²) < 4.78 is 5.82. The van der Waals surface area contributed by atoms with Crippen molar-refractivity contribution in [3.63, 3.8) is 0 Å². The van der Waals surface area contributed by atoms with Crippen molar-refractivity contribution in [2.24, 2.45) is 22.2 Å². The van der Waals surface area contributed by atoms with Gasteiger partial charge < -0.3 is 14.9 Å². The number of carbonyl (C=O) groups is 1. The average molecular weight is 298 g/mol. The normalized spacial score (nSPS) is 43.5. The van der Waals surface area contributed by atoms with Gasteiger partial charge >= 0.3 is 5.97 Å². The summed E-state index contributed by atoms with van der Waals surface area (Å²) in [6, 6.07) is 0. The van der Waals surface area contributed by atoms with Crippen LogP contribution >= 0.6 is 0 Å². The number of hydrogen-bond acceptors (Lipinski definition) is 4. The van der Waals surface area contributed by atoms with Crippen LogP contribution in [0.2, 0.25) is 0 Å². The van der Waals surface area contributed by atoms with Gasteiger partial charge in [-0.2, -0.15) is 0 Å². The molecule has 0 aliphatic heterocycles. The molecule has 122 valence electrons. The Balaban J connectivity index is 2.21. The zero-order valence-corrected chi connectivity index (χ0v) is 14.0. The monoisotopic (exact) mass is 298 g/mol. The first kappa shape index (κ1) is 16.8. The number of aliphatic hydroxyl groups is 2. The highest BCUT2D eigenvalue weighted by Gasteiger charge is 2.60. The van der Waals surface area contributed by atoms with Gasteiger partial charge in [-0.05, 0) is 52.4 Å². The molecule has 0 bridgehead atoms. The number of ether oxygens (including phenoxy) is 1. The van der Waals surface area contributed by atoms with Crippen molar-refractivity contribution in [2.45, 2.75) is 72.5 Å². The predicted octanol–water partition coefficient (Wildman–Crippen LogP) is 2.51. The van der Waals surface area contributed by atoms with E-state index in [0.29, 0.717) is 6.42 Å². The molecule has 2 saturated carbocycles. The van der Waals surface area contributed by atoms with Crippen LogP contribution in [0.4, 0.5) is 0 Å². The number of hydrogen-bond donors (Lipinski definition) is 2. The second-order valence-electron chi connectivity index (χ2n) is 8.50. The minimum atomic E-state index is -0.497. The van der Waals surface area contributed by atoms with Crippen LogP contribution in [0, 0.1) is 22.2 Å². The molecular formula is C17H30O4. The van der Waals surface area contributed by atoms with E-state index in [1.807, 2.05) is 27.7 Å². The van der Waals surface area contributed by atoms with Crippen LogP contribution in [-0.2, 0) is 9.53 Å². The van der Waals surface area contributed by atoms with Crippen LogP contribution in [0.1, 0.15) is 60.3 Å². The second kappa shape index (κ2) is 5.24. The number of fused-ring (bicyclic) bond motifs is 1. The lowest BCUT2D eigenvalue weighted by molar-refractivity contribution is -0.175. The quantitative estimate of drug-likeness (QED) is 0.769. The Morgan fingerprint density at radius 3 is 2.38 bits per heavy atom. The Hall–Kier alpha value is -0.610. The molecule has 0 radical (unpaired) electrons. The summed E-state index contributed by atoms with van der Waals surface area (Å²) in [7, 11) is 0. The average Bonchev–Trinajstić information content (AvgIpc) is 2.72. The smallest absolute Gasteiger partial charge is 0.311 e. The van der Waals surface area contributed by atoms with E-state index in [4.69, 9.17) is 4.74 Å². The van der Waals surface area contributed by atoms with Gasteiger partial charge in [0.05, 0.1) is 18.1 Å². The Morgan fingerprint density at radius 1 is 1.24 bits per heavy atom. The van der Waals surface area contributed by atoms with Crippen molar-refractivity contribution >= 4 is 5.97 Å². The Labute approximate surface area is 127 Å². The van der Waals surface area contributed by atoms with E-state index in [1.54, 1.807) is 0 Å². The molecule has 0 aromatic rings. The van der Waals surface area contributed by atoms with Gasteiger partial charge in [0, 0.05) is 10.8 Å². The molecule has 0 heterocycles. The molecule has 0 spiro atoms. The van der Waals surface area contributed by atoms with E-state index in [0.717, 1.165) is 19.3 Å². The predicted molar refractivity (Wildman–Crippen MR) is 80.6 cm³/mol. The van der Waals surface area contributed by atoms with Crippen LogP contribution in [-0.4, -0.2) is 35.0 Å². The largest absolute Gasteiger partial charge is 0.461 e. The third kappa shape index (κ3) is 2.61. The minimum absolute atomic E-state index is 0.0195. The van der Waals surface area contributed by atoms with Crippen LogP contribution < -0.4 is 0 Å². The maximum absolute atomic E-state index is 12.2. The highest BCUT2D eigenvalue weighted by atomic mass is 16.5. The fourth-order valence-corrected chi connectivity index (χ4v) is 4.34. The molecule has 0 aromatic heterocycles. The molecule has 0 saturated heterocycles. The maximum atomic E-state index is 12.2. The number of rotatable bonds is 2. The topological polar surface area (TPSA) is 66.8 Å². The molecule has 4 nitrogen and oxygen atoms in total. The maximum Gasteiger partial charge on any atom is 0.311 e. The lowest BCUT2D eigenvalue weighted by Crippen LogP contribution is -2.54. The van der Waals surface area contributed by atoms with Gasteiger partial charge in [-0.15, -0.1) is 0 Å². The molecule has 2 aliphatic rings. The molecule has 5 atom stereocenters. The highest BCUT2D eigenvalue weighted by molar-refractivity contribution is 5.75. The van der Waals surface area contributed by atoms with Crippen molar-refractivity contribution in [1.29, 1.82) is 0 Å². The van der Waals surface area contributed by atoms with Crippen LogP contribution in [0.25, 0.3) is 0 Å². The van der Waals surface area contributed by atoms with Crippen LogP contribution in [0.5, 0.6) is 0 Å². The highest BCUT2D eigenvalue weighted by Crippen LogP contribution is 2.60. The first-order valence-corrected chi connectivity index (χ1v) is 8.05. The summed E-state index contributed by atoms with van der Waals surface area (Å²) in [5, 5.41) is 20.1. The fraction of sp³-hybridized carbons (Fsp3) is 0.941. The third-order valence-electron chi connectivity index (χ3n) is 5.97. The van der Waals surface area contributed by atoms with Gasteiger partial charge in [-0.3, -0.25) is 4.79 Å². The molecule has 0 aromatic carbocycles. The zero-order chi connectivity index (χ0) is 16.1.